The maximum absolute atomic E-state index is 13.0. The number of urea groups is 1. The molecule has 29 heavy (non-hydrogen) atoms. The molecule has 6 heteroatoms. The Morgan fingerprint density at radius 2 is 1.97 bits per heavy atom. The van der Waals surface area contributed by atoms with Gasteiger partial charge >= 0.3 is 6.03 Å². The van der Waals surface area contributed by atoms with E-state index in [2.05, 4.69) is 10.3 Å². The summed E-state index contributed by atoms with van der Waals surface area (Å²) in [7, 11) is 0. The zero-order chi connectivity index (χ0) is 20.1. The summed E-state index contributed by atoms with van der Waals surface area (Å²) in [5.74, 6) is 1.45. The van der Waals surface area contributed by atoms with E-state index in [1.807, 2.05) is 67.6 Å². The molecular weight excluding hydrogens is 366 g/mol. The molecule has 0 aliphatic carbocycles. The van der Waals surface area contributed by atoms with Gasteiger partial charge in [-0.3, -0.25) is 4.98 Å². The number of pyridine rings is 1. The molecule has 3 aromatic rings. The highest BCUT2D eigenvalue weighted by Gasteiger charge is 2.18. The quantitative estimate of drug-likeness (QED) is 0.679. The van der Waals surface area contributed by atoms with Crippen molar-refractivity contribution in [2.45, 2.75) is 19.9 Å². The number of hydrogen-bond donors (Lipinski definition) is 1. The van der Waals surface area contributed by atoms with E-state index in [0.29, 0.717) is 25.3 Å². The van der Waals surface area contributed by atoms with Crippen LogP contribution in [0, 0.1) is 6.92 Å². The number of anilines is 1. The van der Waals surface area contributed by atoms with Crippen molar-refractivity contribution in [2.24, 2.45) is 0 Å². The van der Waals surface area contributed by atoms with Crippen molar-refractivity contribution >= 4 is 11.7 Å². The van der Waals surface area contributed by atoms with E-state index >= 15 is 0 Å². The van der Waals surface area contributed by atoms with Gasteiger partial charge in [-0.1, -0.05) is 24.3 Å². The van der Waals surface area contributed by atoms with E-state index < -0.39 is 0 Å². The van der Waals surface area contributed by atoms with Gasteiger partial charge < -0.3 is 19.7 Å². The average molecular weight is 389 g/mol. The van der Waals surface area contributed by atoms with Gasteiger partial charge in [0.25, 0.3) is 0 Å². The molecule has 0 unspecified atom stereocenters. The third-order valence-electron chi connectivity index (χ3n) is 4.73. The monoisotopic (exact) mass is 389 g/mol. The minimum atomic E-state index is -0.149. The van der Waals surface area contributed by atoms with E-state index in [1.165, 1.54) is 0 Å². The molecule has 0 spiro atoms. The molecule has 0 bridgehead atoms. The summed E-state index contributed by atoms with van der Waals surface area (Å²) in [6, 6.07) is 19.2. The number of aryl methyl sites for hydroxylation is 1. The molecule has 2 heterocycles. The second-order valence-corrected chi connectivity index (χ2v) is 6.98. The number of nitrogens with zero attached hydrogens (tertiary/aromatic N) is 2. The number of hydrogen-bond acceptors (Lipinski definition) is 4. The van der Waals surface area contributed by atoms with E-state index in [-0.39, 0.29) is 12.8 Å². The Labute approximate surface area is 170 Å². The van der Waals surface area contributed by atoms with Crippen LogP contribution in [0.15, 0.2) is 66.9 Å². The first-order valence-corrected chi connectivity index (χ1v) is 9.58. The third-order valence-corrected chi connectivity index (χ3v) is 4.73. The Kier molecular flexibility index (Phi) is 5.61. The van der Waals surface area contributed by atoms with Crippen LogP contribution >= 0.6 is 0 Å². The summed E-state index contributed by atoms with van der Waals surface area (Å²) in [6.07, 6.45) is 2.44. The zero-order valence-corrected chi connectivity index (χ0v) is 16.3. The van der Waals surface area contributed by atoms with Crippen LogP contribution in [0.4, 0.5) is 10.5 Å². The number of ether oxygens (including phenoxy) is 2. The Morgan fingerprint density at radius 3 is 2.79 bits per heavy atom. The molecule has 148 valence electrons. The molecule has 1 aromatic heterocycles. The average Bonchev–Trinajstić information content (AvgIpc) is 3.19. The summed E-state index contributed by atoms with van der Waals surface area (Å²) in [6.45, 7) is 3.24. The number of carbonyl (C=O) groups excluding carboxylic acids is 1. The Hall–Kier alpha value is -3.54. The van der Waals surface area contributed by atoms with Crippen LogP contribution in [-0.4, -0.2) is 29.3 Å². The minimum absolute atomic E-state index is 0.149. The van der Waals surface area contributed by atoms with Crippen molar-refractivity contribution in [1.82, 2.24) is 9.88 Å². The van der Waals surface area contributed by atoms with Gasteiger partial charge in [-0.15, -0.1) is 0 Å². The molecule has 2 amide bonds. The molecule has 1 aliphatic heterocycles. The molecule has 0 saturated carbocycles. The normalized spacial score (nSPS) is 11.9. The van der Waals surface area contributed by atoms with Crippen molar-refractivity contribution in [2.75, 3.05) is 18.7 Å². The van der Waals surface area contributed by atoms with E-state index in [0.717, 1.165) is 28.3 Å². The number of aromatic nitrogens is 1. The van der Waals surface area contributed by atoms with Gasteiger partial charge in [0.15, 0.2) is 11.5 Å². The molecule has 0 atom stereocenters. The number of carbonyl (C=O) groups is 1. The molecule has 0 radical (unpaired) electrons. The van der Waals surface area contributed by atoms with Crippen LogP contribution < -0.4 is 14.8 Å². The Bertz CT molecular complexity index is 992. The van der Waals surface area contributed by atoms with Gasteiger partial charge in [0.05, 0.1) is 0 Å². The fourth-order valence-corrected chi connectivity index (χ4v) is 3.23. The molecule has 4 rings (SSSR count). The molecule has 6 nitrogen and oxygen atoms in total. The highest BCUT2D eigenvalue weighted by Crippen LogP contribution is 2.32. The smallest absolute Gasteiger partial charge is 0.322 e. The van der Waals surface area contributed by atoms with Crippen molar-refractivity contribution in [3.05, 3.63) is 83.7 Å². The summed E-state index contributed by atoms with van der Waals surface area (Å²) in [4.78, 5) is 19.2. The molecule has 1 aliphatic rings. The first-order chi connectivity index (χ1) is 14.2. The van der Waals surface area contributed by atoms with E-state index in [9.17, 15) is 4.79 Å². The van der Waals surface area contributed by atoms with Gasteiger partial charge in [0.2, 0.25) is 6.79 Å². The van der Waals surface area contributed by atoms with Crippen LogP contribution in [0.5, 0.6) is 11.5 Å². The predicted octanol–water partition coefficient (Wildman–Crippen LogP) is 4.40. The summed E-state index contributed by atoms with van der Waals surface area (Å²) >= 11 is 0. The van der Waals surface area contributed by atoms with Gasteiger partial charge in [-0.25, -0.2) is 4.79 Å². The van der Waals surface area contributed by atoms with Crippen LogP contribution in [0.25, 0.3) is 0 Å². The highest BCUT2D eigenvalue weighted by atomic mass is 16.7. The second-order valence-electron chi connectivity index (χ2n) is 6.98. The van der Waals surface area contributed by atoms with Gasteiger partial charge in [-0.05, 0) is 54.4 Å². The first kappa shape index (κ1) is 18.8. The highest BCUT2D eigenvalue weighted by molar-refractivity contribution is 5.89. The van der Waals surface area contributed by atoms with Crippen molar-refractivity contribution in [3.63, 3.8) is 0 Å². The number of nitrogens with one attached hydrogen (secondary N) is 1. The van der Waals surface area contributed by atoms with Crippen molar-refractivity contribution < 1.29 is 14.3 Å². The van der Waals surface area contributed by atoms with Crippen LogP contribution in [0.1, 0.15) is 16.8 Å². The summed E-state index contributed by atoms with van der Waals surface area (Å²) in [5, 5.41) is 3.00. The fourth-order valence-electron chi connectivity index (χ4n) is 3.23. The summed E-state index contributed by atoms with van der Waals surface area (Å²) in [5.41, 5.74) is 3.81. The SMILES string of the molecule is Cc1cccc(NC(=O)N(CCc2ccccn2)Cc2ccc3c(c2)OCO3)c1. The predicted molar refractivity (Wildman–Crippen MR) is 111 cm³/mol. The maximum Gasteiger partial charge on any atom is 0.322 e. The van der Waals surface area contributed by atoms with Crippen LogP contribution in [-0.2, 0) is 13.0 Å². The number of amides is 2. The Balaban J connectivity index is 1.50. The van der Waals surface area contributed by atoms with Gasteiger partial charge in [0.1, 0.15) is 0 Å². The van der Waals surface area contributed by atoms with Crippen molar-refractivity contribution in [1.29, 1.82) is 0 Å². The lowest BCUT2D eigenvalue weighted by molar-refractivity contribution is 0.174. The molecule has 0 saturated heterocycles. The second kappa shape index (κ2) is 8.65. The fraction of sp³-hybridized carbons (Fsp3) is 0.217. The first-order valence-electron chi connectivity index (χ1n) is 9.58. The summed E-state index contributed by atoms with van der Waals surface area (Å²) < 4.78 is 10.8. The van der Waals surface area contributed by atoms with E-state index in [4.69, 9.17) is 9.47 Å². The van der Waals surface area contributed by atoms with Crippen molar-refractivity contribution in [3.8, 4) is 11.5 Å². The Morgan fingerprint density at radius 1 is 1.07 bits per heavy atom. The molecule has 1 N–H and O–H groups in total. The number of fused-ring (bicyclic) bond motifs is 1. The number of benzene rings is 2. The third kappa shape index (κ3) is 4.85. The minimum Gasteiger partial charge on any atom is -0.454 e. The lowest BCUT2D eigenvalue weighted by atomic mass is 10.1. The number of rotatable bonds is 6. The molecule has 0 fully saturated rings. The van der Waals surface area contributed by atoms with Crippen LogP contribution in [0.2, 0.25) is 0 Å². The zero-order valence-electron chi connectivity index (χ0n) is 16.3. The van der Waals surface area contributed by atoms with Crippen LogP contribution in [0.3, 0.4) is 0 Å². The topological polar surface area (TPSA) is 63.7 Å². The maximum atomic E-state index is 13.0. The van der Waals surface area contributed by atoms with Gasteiger partial charge in [-0.2, -0.15) is 0 Å². The lowest BCUT2D eigenvalue weighted by Crippen LogP contribution is -2.36. The largest absolute Gasteiger partial charge is 0.454 e. The molecule has 2 aromatic carbocycles. The lowest BCUT2D eigenvalue weighted by Gasteiger charge is -2.23. The molecular formula is C23H23N3O3. The van der Waals surface area contributed by atoms with Gasteiger partial charge in [0, 0.05) is 37.1 Å². The van der Waals surface area contributed by atoms with E-state index in [1.54, 1.807) is 11.1 Å². The standard InChI is InChI=1S/C23H23N3O3/c1-17-5-4-7-20(13-17)25-23(27)26(12-10-19-6-2-3-11-24-19)15-18-8-9-21-22(14-18)29-16-28-21/h2-9,11,13-14H,10,12,15-16H2,1H3,(H,25,27).